The van der Waals surface area contributed by atoms with Crippen LogP contribution in [0, 0.1) is 6.92 Å². The Kier molecular flexibility index (Phi) is 5.49. The predicted octanol–water partition coefficient (Wildman–Crippen LogP) is 2.60. The molecule has 0 bridgehead atoms. The minimum absolute atomic E-state index is 0.0185. The third-order valence-electron chi connectivity index (χ3n) is 3.30. The van der Waals surface area contributed by atoms with E-state index in [1.165, 1.54) is 12.8 Å². The Morgan fingerprint density at radius 3 is 2.90 bits per heavy atom. The normalized spacial score (nSPS) is 10.6. The third-order valence-corrected chi connectivity index (χ3v) is 3.30. The highest BCUT2D eigenvalue weighted by atomic mass is 16.1. The smallest absolute Gasteiger partial charge is 0.250 e. The summed E-state index contributed by atoms with van der Waals surface area (Å²) in [6, 6.07) is 5.16. The van der Waals surface area contributed by atoms with Crippen LogP contribution in [0.25, 0.3) is 0 Å². The van der Waals surface area contributed by atoms with E-state index >= 15 is 0 Å². The van der Waals surface area contributed by atoms with Crippen molar-refractivity contribution in [2.75, 3.05) is 11.9 Å². The molecule has 0 aliphatic heterocycles. The van der Waals surface area contributed by atoms with Gasteiger partial charge in [0.05, 0.1) is 6.54 Å². The van der Waals surface area contributed by atoms with Gasteiger partial charge in [-0.05, 0) is 19.4 Å². The Balaban J connectivity index is 2.15. The number of aromatic nitrogens is 3. The van der Waals surface area contributed by atoms with Gasteiger partial charge >= 0.3 is 0 Å². The minimum atomic E-state index is -0.0185. The molecule has 0 unspecified atom stereocenters. The van der Waals surface area contributed by atoms with Crippen molar-refractivity contribution < 1.29 is 0 Å². The summed E-state index contributed by atoms with van der Waals surface area (Å²) >= 11 is 0. The molecule has 5 nitrogen and oxygen atoms in total. The highest BCUT2D eigenvalue weighted by Gasteiger charge is 2.07. The summed E-state index contributed by atoms with van der Waals surface area (Å²) in [4.78, 5) is 20.5. The lowest BCUT2D eigenvalue weighted by Crippen LogP contribution is -2.20. The molecule has 5 heteroatoms. The molecule has 0 saturated heterocycles. The molecular formula is C16H22N4O. The van der Waals surface area contributed by atoms with Crippen LogP contribution in [0.15, 0.2) is 35.4 Å². The molecule has 0 radical (unpaired) electrons. The molecule has 0 spiro atoms. The Labute approximate surface area is 125 Å². The number of rotatable bonds is 7. The van der Waals surface area contributed by atoms with Crippen LogP contribution in [-0.4, -0.2) is 21.1 Å². The number of unbranched alkanes of at least 4 members (excludes halogenated alkanes) is 2. The van der Waals surface area contributed by atoms with Gasteiger partial charge in [0.1, 0.15) is 11.6 Å². The molecule has 0 atom stereocenters. The van der Waals surface area contributed by atoms with Crippen LogP contribution in [0.2, 0.25) is 0 Å². The fraction of sp³-hybridized carbons (Fsp3) is 0.438. The van der Waals surface area contributed by atoms with Crippen molar-refractivity contribution >= 4 is 5.82 Å². The van der Waals surface area contributed by atoms with Crippen molar-refractivity contribution in [1.29, 1.82) is 0 Å². The van der Waals surface area contributed by atoms with Crippen LogP contribution in [0.1, 0.15) is 37.6 Å². The summed E-state index contributed by atoms with van der Waals surface area (Å²) in [5.74, 6) is 1.56. The van der Waals surface area contributed by atoms with E-state index in [2.05, 4.69) is 22.2 Å². The number of aryl methyl sites for hydroxylation is 1. The molecule has 0 saturated carbocycles. The highest BCUT2D eigenvalue weighted by Crippen LogP contribution is 2.13. The van der Waals surface area contributed by atoms with Gasteiger partial charge in [-0.15, -0.1) is 0 Å². The highest BCUT2D eigenvalue weighted by molar-refractivity contribution is 5.43. The van der Waals surface area contributed by atoms with Gasteiger partial charge in [0.15, 0.2) is 0 Å². The van der Waals surface area contributed by atoms with E-state index < -0.39 is 0 Å². The van der Waals surface area contributed by atoms with Gasteiger partial charge in [-0.3, -0.25) is 4.79 Å². The van der Waals surface area contributed by atoms with E-state index in [1.807, 2.05) is 13.0 Å². The molecule has 2 rings (SSSR count). The number of hydrogen-bond donors (Lipinski definition) is 1. The quantitative estimate of drug-likeness (QED) is 0.795. The van der Waals surface area contributed by atoms with Crippen molar-refractivity contribution in [3.05, 3.63) is 52.3 Å². The Hall–Kier alpha value is -2.17. The molecule has 0 amide bonds. The van der Waals surface area contributed by atoms with Crippen LogP contribution in [0.4, 0.5) is 5.82 Å². The van der Waals surface area contributed by atoms with Gasteiger partial charge in [-0.2, -0.15) is 0 Å². The molecular weight excluding hydrogens is 264 g/mol. The van der Waals surface area contributed by atoms with Gasteiger partial charge < -0.3 is 9.88 Å². The maximum absolute atomic E-state index is 11.8. The van der Waals surface area contributed by atoms with Crippen molar-refractivity contribution in [3.8, 4) is 0 Å². The number of anilines is 1. The van der Waals surface area contributed by atoms with Crippen LogP contribution >= 0.6 is 0 Å². The summed E-state index contributed by atoms with van der Waals surface area (Å²) in [7, 11) is 0. The van der Waals surface area contributed by atoms with E-state index in [-0.39, 0.29) is 5.56 Å². The van der Waals surface area contributed by atoms with E-state index in [1.54, 1.807) is 29.1 Å². The van der Waals surface area contributed by atoms with Gasteiger partial charge in [0.25, 0.3) is 5.56 Å². The maximum atomic E-state index is 11.8. The Morgan fingerprint density at radius 2 is 2.14 bits per heavy atom. The molecule has 0 aromatic carbocycles. The summed E-state index contributed by atoms with van der Waals surface area (Å²) < 4.78 is 1.66. The zero-order valence-corrected chi connectivity index (χ0v) is 12.7. The molecule has 0 aliphatic carbocycles. The van der Waals surface area contributed by atoms with Crippen molar-refractivity contribution in [2.24, 2.45) is 0 Å². The van der Waals surface area contributed by atoms with Crippen LogP contribution < -0.4 is 10.9 Å². The first kappa shape index (κ1) is 15.2. The first-order valence-corrected chi connectivity index (χ1v) is 7.42. The average Bonchev–Trinajstić information content (AvgIpc) is 2.48. The first-order chi connectivity index (χ1) is 10.2. The van der Waals surface area contributed by atoms with Gasteiger partial charge in [0.2, 0.25) is 0 Å². The van der Waals surface area contributed by atoms with E-state index in [0.29, 0.717) is 6.54 Å². The zero-order valence-electron chi connectivity index (χ0n) is 12.7. The van der Waals surface area contributed by atoms with E-state index in [4.69, 9.17) is 0 Å². The van der Waals surface area contributed by atoms with Gasteiger partial charge in [-0.25, -0.2) is 9.97 Å². The molecule has 2 aromatic rings. The molecule has 0 aliphatic rings. The number of nitrogens with zero attached hydrogens (tertiary/aromatic N) is 3. The molecule has 112 valence electrons. The second-order valence-electron chi connectivity index (χ2n) is 5.09. The standard InChI is InChI=1S/C16H22N4O/c1-3-4-6-9-17-16-14(11-18-13(2)19-16)12-20-10-7-5-8-15(20)21/h5,7-8,10-11H,3-4,6,9,12H2,1-2H3,(H,17,18,19). The molecule has 0 fully saturated rings. The lowest BCUT2D eigenvalue weighted by molar-refractivity contribution is 0.731. The van der Waals surface area contributed by atoms with Crippen LogP contribution in [0.5, 0.6) is 0 Å². The van der Waals surface area contributed by atoms with Crippen LogP contribution in [0.3, 0.4) is 0 Å². The largest absolute Gasteiger partial charge is 0.370 e. The van der Waals surface area contributed by atoms with Gasteiger partial charge in [-0.1, -0.05) is 25.8 Å². The predicted molar refractivity (Wildman–Crippen MR) is 84.6 cm³/mol. The second-order valence-corrected chi connectivity index (χ2v) is 5.09. The minimum Gasteiger partial charge on any atom is -0.370 e. The fourth-order valence-electron chi connectivity index (χ4n) is 2.12. The lowest BCUT2D eigenvalue weighted by Gasteiger charge is -2.12. The number of hydrogen-bond acceptors (Lipinski definition) is 4. The molecule has 21 heavy (non-hydrogen) atoms. The first-order valence-electron chi connectivity index (χ1n) is 7.42. The maximum Gasteiger partial charge on any atom is 0.250 e. The van der Waals surface area contributed by atoms with E-state index in [0.717, 1.165) is 30.2 Å². The number of nitrogens with one attached hydrogen (secondary N) is 1. The SMILES string of the molecule is CCCCCNc1nc(C)ncc1Cn1ccccc1=O. The second kappa shape index (κ2) is 7.57. The monoisotopic (exact) mass is 286 g/mol. The van der Waals surface area contributed by atoms with Crippen molar-refractivity contribution in [3.63, 3.8) is 0 Å². The molecule has 2 heterocycles. The van der Waals surface area contributed by atoms with Crippen molar-refractivity contribution in [1.82, 2.24) is 14.5 Å². The Morgan fingerprint density at radius 1 is 1.29 bits per heavy atom. The molecule has 2 aromatic heterocycles. The topological polar surface area (TPSA) is 59.8 Å². The summed E-state index contributed by atoms with van der Waals surface area (Å²) in [5.41, 5.74) is 0.917. The summed E-state index contributed by atoms with van der Waals surface area (Å²) in [5, 5.41) is 3.36. The van der Waals surface area contributed by atoms with Gasteiger partial charge in [0, 0.05) is 30.6 Å². The Bertz CT molecular complexity index is 636. The number of pyridine rings is 1. The van der Waals surface area contributed by atoms with Crippen LogP contribution in [-0.2, 0) is 6.54 Å². The lowest BCUT2D eigenvalue weighted by atomic mass is 10.2. The summed E-state index contributed by atoms with van der Waals surface area (Å²) in [6.45, 7) is 5.43. The zero-order chi connectivity index (χ0) is 15.1. The average molecular weight is 286 g/mol. The fourth-order valence-corrected chi connectivity index (χ4v) is 2.12. The van der Waals surface area contributed by atoms with E-state index in [9.17, 15) is 4.79 Å². The third kappa shape index (κ3) is 4.41. The summed E-state index contributed by atoms with van der Waals surface area (Å²) in [6.07, 6.45) is 7.08. The molecule has 1 N–H and O–H groups in total. The van der Waals surface area contributed by atoms with Crippen molar-refractivity contribution in [2.45, 2.75) is 39.7 Å².